The van der Waals surface area contributed by atoms with Gasteiger partial charge in [-0.3, -0.25) is 4.98 Å². The van der Waals surface area contributed by atoms with Gasteiger partial charge in [0.2, 0.25) is 0 Å². The summed E-state index contributed by atoms with van der Waals surface area (Å²) >= 11 is 3.24. The van der Waals surface area contributed by atoms with E-state index in [1.807, 2.05) is 18.3 Å². The van der Waals surface area contributed by atoms with Gasteiger partial charge in [-0.25, -0.2) is 4.98 Å². The van der Waals surface area contributed by atoms with Gasteiger partial charge in [0.15, 0.2) is 5.13 Å². The maximum absolute atomic E-state index is 5.84. The van der Waals surface area contributed by atoms with Crippen molar-refractivity contribution in [1.29, 1.82) is 0 Å². The molecule has 0 aliphatic rings. The Balaban J connectivity index is 1.98. The summed E-state index contributed by atoms with van der Waals surface area (Å²) in [5, 5.41) is 2.68. The van der Waals surface area contributed by atoms with E-state index < -0.39 is 0 Å². The number of nitrogens with zero attached hydrogens (tertiary/aromatic N) is 2. The topological polar surface area (TPSA) is 51.8 Å². The van der Waals surface area contributed by atoms with Gasteiger partial charge in [-0.05, 0) is 23.1 Å². The number of hydrogen-bond donors (Lipinski definition) is 1. The summed E-state index contributed by atoms with van der Waals surface area (Å²) in [5.41, 5.74) is 8.03. The Bertz CT molecular complexity index is 630. The van der Waals surface area contributed by atoms with Gasteiger partial charge in [-0.2, -0.15) is 0 Å². The molecule has 0 aromatic carbocycles. The molecule has 0 spiro atoms. The molecule has 0 fully saturated rings. The molecule has 0 aliphatic heterocycles. The Morgan fingerprint density at radius 3 is 2.89 bits per heavy atom. The smallest absolute Gasteiger partial charge is 0.180 e. The van der Waals surface area contributed by atoms with Crippen molar-refractivity contribution < 1.29 is 0 Å². The molecule has 0 saturated carbocycles. The summed E-state index contributed by atoms with van der Waals surface area (Å²) in [6.45, 7) is 0. The Kier molecular flexibility index (Phi) is 3.08. The summed E-state index contributed by atoms with van der Waals surface area (Å²) in [7, 11) is 0. The van der Waals surface area contributed by atoms with Crippen LogP contribution in [-0.4, -0.2) is 9.97 Å². The number of hydrogen-bond acceptors (Lipinski definition) is 5. The van der Waals surface area contributed by atoms with Crippen LogP contribution < -0.4 is 5.73 Å². The zero-order valence-corrected chi connectivity index (χ0v) is 11.2. The Labute approximate surface area is 113 Å². The van der Waals surface area contributed by atoms with Crippen LogP contribution in [0, 0.1) is 0 Å². The third-order valence-electron chi connectivity index (χ3n) is 2.56. The number of thiazole rings is 1. The van der Waals surface area contributed by atoms with E-state index in [0.717, 1.165) is 12.1 Å². The molecular weight excluding hydrogens is 262 g/mol. The van der Waals surface area contributed by atoms with Crippen LogP contribution in [0.25, 0.3) is 10.6 Å². The van der Waals surface area contributed by atoms with E-state index in [2.05, 4.69) is 27.5 Å². The van der Waals surface area contributed by atoms with Crippen LogP contribution in [0.3, 0.4) is 0 Å². The van der Waals surface area contributed by atoms with Gasteiger partial charge in [0, 0.05) is 23.7 Å². The number of thiophene rings is 1. The van der Waals surface area contributed by atoms with E-state index in [1.165, 1.54) is 15.3 Å². The minimum atomic E-state index is 0.622. The molecule has 2 N–H and O–H groups in total. The average molecular weight is 273 g/mol. The largest absolute Gasteiger partial charge is 0.375 e. The average Bonchev–Trinajstić information content (AvgIpc) is 3.00. The molecule has 0 atom stereocenters. The van der Waals surface area contributed by atoms with E-state index >= 15 is 0 Å². The zero-order valence-electron chi connectivity index (χ0n) is 9.54. The SMILES string of the molecule is Nc1nc(-c2cccs2)c(Cc2cccnc2)s1. The number of nitrogens with two attached hydrogens (primary N) is 1. The summed E-state index contributed by atoms with van der Waals surface area (Å²) in [4.78, 5) is 10.9. The maximum atomic E-state index is 5.84. The first-order valence-electron chi connectivity index (χ1n) is 5.51. The van der Waals surface area contributed by atoms with Crippen molar-refractivity contribution in [2.45, 2.75) is 6.42 Å². The van der Waals surface area contributed by atoms with Gasteiger partial charge >= 0.3 is 0 Å². The highest BCUT2D eigenvalue weighted by Gasteiger charge is 2.13. The predicted molar refractivity (Wildman–Crippen MR) is 76.9 cm³/mol. The maximum Gasteiger partial charge on any atom is 0.180 e. The van der Waals surface area contributed by atoms with Crippen molar-refractivity contribution >= 4 is 27.8 Å². The Morgan fingerprint density at radius 1 is 1.22 bits per heavy atom. The third kappa shape index (κ3) is 2.27. The molecule has 0 saturated heterocycles. The van der Waals surface area contributed by atoms with E-state index in [0.29, 0.717) is 5.13 Å². The molecule has 3 rings (SSSR count). The van der Waals surface area contributed by atoms with Gasteiger partial charge in [0.1, 0.15) is 0 Å². The second-order valence-electron chi connectivity index (χ2n) is 3.84. The number of nitrogen functional groups attached to an aromatic ring is 1. The fourth-order valence-corrected chi connectivity index (χ4v) is 3.47. The summed E-state index contributed by atoms with van der Waals surface area (Å²) < 4.78 is 0. The minimum absolute atomic E-state index is 0.622. The standard InChI is InChI=1S/C13H11N3S2/c14-13-16-12(10-4-2-6-17-10)11(18-13)7-9-3-1-5-15-8-9/h1-6,8H,7H2,(H2,14,16). The van der Waals surface area contributed by atoms with Gasteiger partial charge in [-0.1, -0.05) is 12.1 Å². The lowest BCUT2D eigenvalue weighted by molar-refractivity contribution is 1.17. The van der Waals surface area contributed by atoms with E-state index in [9.17, 15) is 0 Å². The first-order valence-corrected chi connectivity index (χ1v) is 7.20. The van der Waals surface area contributed by atoms with E-state index in [4.69, 9.17) is 5.73 Å². The quantitative estimate of drug-likeness (QED) is 0.795. The van der Waals surface area contributed by atoms with Crippen LogP contribution in [0.1, 0.15) is 10.4 Å². The fraction of sp³-hybridized carbons (Fsp3) is 0.0769. The monoisotopic (exact) mass is 273 g/mol. The van der Waals surface area contributed by atoms with Crippen LogP contribution in [0.5, 0.6) is 0 Å². The highest BCUT2D eigenvalue weighted by atomic mass is 32.1. The molecule has 3 aromatic rings. The van der Waals surface area contributed by atoms with Gasteiger partial charge in [0.05, 0.1) is 10.6 Å². The second kappa shape index (κ2) is 4.88. The van der Waals surface area contributed by atoms with Crippen molar-refractivity contribution in [2.75, 3.05) is 5.73 Å². The molecule has 5 heteroatoms. The van der Waals surface area contributed by atoms with E-state index in [1.54, 1.807) is 28.9 Å². The highest BCUT2D eigenvalue weighted by Crippen LogP contribution is 2.33. The number of anilines is 1. The number of pyridine rings is 1. The normalized spacial score (nSPS) is 10.7. The first-order chi connectivity index (χ1) is 8.83. The van der Waals surface area contributed by atoms with Crippen LogP contribution >= 0.6 is 22.7 Å². The van der Waals surface area contributed by atoms with Gasteiger partial charge in [0.25, 0.3) is 0 Å². The number of rotatable bonds is 3. The molecule has 0 bridgehead atoms. The van der Waals surface area contributed by atoms with Crippen LogP contribution in [0.15, 0.2) is 42.0 Å². The van der Waals surface area contributed by atoms with E-state index in [-0.39, 0.29) is 0 Å². The third-order valence-corrected chi connectivity index (χ3v) is 4.32. The van der Waals surface area contributed by atoms with Crippen molar-refractivity contribution in [3.63, 3.8) is 0 Å². The van der Waals surface area contributed by atoms with Crippen molar-refractivity contribution in [2.24, 2.45) is 0 Å². The zero-order chi connectivity index (χ0) is 12.4. The Hall–Kier alpha value is -1.72. The molecule has 0 unspecified atom stereocenters. The van der Waals surface area contributed by atoms with Crippen molar-refractivity contribution in [3.05, 3.63) is 52.5 Å². The minimum Gasteiger partial charge on any atom is -0.375 e. The second-order valence-corrected chi connectivity index (χ2v) is 5.90. The van der Waals surface area contributed by atoms with Crippen molar-refractivity contribution in [3.8, 4) is 10.6 Å². The lowest BCUT2D eigenvalue weighted by Gasteiger charge is -2.00. The highest BCUT2D eigenvalue weighted by molar-refractivity contribution is 7.17. The molecule has 0 aliphatic carbocycles. The molecule has 3 heterocycles. The van der Waals surface area contributed by atoms with Crippen LogP contribution in [0.2, 0.25) is 0 Å². The molecule has 0 radical (unpaired) electrons. The lowest BCUT2D eigenvalue weighted by Crippen LogP contribution is -1.88. The molecule has 18 heavy (non-hydrogen) atoms. The number of aromatic nitrogens is 2. The molecular formula is C13H11N3S2. The molecule has 3 nitrogen and oxygen atoms in total. The molecule has 3 aromatic heterocycles. The predicted octanol–water partition coefficient (Wildman–Crippen LogP) is 3.44. The molecule has 90 valence electrons. The first kappa shape index (κ1) is 11.4. The van der Waals surface area contributed by atoms with Crippen molar-refractivity contribution in [1.82, 2.24) is 9.97 Å². The molecule has 0 amide bonds. The summed E-state index contributed by atoms with van der Waals surface area (Å²) in [6.07, 6.45) is 4.49. The fourth-order valence-electron chi connectivity index (χ4n) is 1.78. The summed E-state index contributed by atoms with van der Waals surface area (Å²) in [5.74, 6) is 0. The van der Waals surface area contributed by atoms with Gasteiger partial charge in [-0.15, -0.1) is 22.7 Å². The summed E-state index contributed by atoms with van der Waals surface area (Å²) in [6, 6.07) is 8.13. The Morgan fingerprint density at radius 2 is 2.17 bits per heavy atom. The van der Waals surface area contributed by atoms with Crippen LogP contribution in [0.4, 0.5) is 5.13 Å². The van der Waals surface area contributed by atoms with Gasteiger partial charge < -0.3 is 5.73 Å². The lowest BCUT2D eigenvalue weighted by atomic mass is 10.1. The van der Waals surface area contributed by atoms with Crippen LogP contribution in [-0.2, 0) is 6.42 Å².